The van der Waals surface area contributed by atoms with Crippen molar-refractivity contribution in [3.63, 3.8) is 0 Å². The van der Waals surface area contributed by atoms with Crippen molar-refractivity contribution in [2.24, 2.45) is 5.92 Å². The number of pyridine rings is 1. The lowest BCUT2D eigenvalue weighted by Crippen LogP contribution is -2.25. The van der Waals surface area contributed by atoms with Crippen LogP contribution in [0.1, 0.15) is 12.1 Å². The maximum Gasteiger partial charge on any atom is 0.228 e. The number of nitrogens with zero attached hydrogens (tertiary/aromatic N) is 3. The van der Waals surface area contributed by atoms with Crippen molar-refractivity contribution in [2.45, 2.75) is 6.42 Å². The maximum absolute atomic E-state index is 11.7. The van der Waals surface area contributed by atoms with Gasteiger partial charge in [0, 0.05) is 13.0 Å². The molecule has 82 valence electrons. The highest BCUT2D eigenvalue weighted by atomic mass is 32.1. The van der Waals surface area contributed by atoms with E-state index in [1.807, 2.05) is 6.07 Å². The molecule has 1 fully saturated rings. The lowest BCUT2D eigenvalue weighted by atomic mass is 10.1. The fraction of sp³-hybridized carbons (Fsp3) is 0.364. The summed E-state index contributed by atoms with van der Waals surface area (Å²) in [6, 6.07) is 7.08. The van der Waals surface area contributed by atoms with Gasteiger partial charge in [-0.25, -0.2) is 4.98 Å². The Labute approximate surface area is 99.3 Å². The largest absolute Gasteiger partial charge is 0.296 e. The predicted octanol–water partition coefficient (Wildman–Crippen LogP) is 1.24. The molecule has 16 heavy (non-hydrogen) atoms. The predicted molar refractivity (Wildman–Crippen MR) is 63.3 cm³/mol. The molecular formula is C11H11N3OS. The van der Waals surface area contributed by atoms with E-state index in [0.717, 1.165) is 0 Å². The molecule has 0 N–H and O–H groups in total. The van der Waals surface area contributed by atoms with Crippen molar-refractivity contribution >= 4 is 24.4 Å². The van der Waals surface area contributed by atoms with Crippen LogP contribution in [0.2, 0.25) is 0 Å². The number of amides is 1. The Morgan fingerprint density at radius 2 is 2.44 bits per heavy atom. The van der Waals surface area contributed by atoms with E-state index in [4.69, 9.17) is 5.26 Å². The van der Waals surface area contributed by atoms with E-state index in [0.29, 0.717) is 30.2 Å². The summed E-state index contributed by atoms with van der Waals surface area (Å²) < 4.78 is 0. The van der Waals surface area contributed by atoms with E-state index < -0.39 is 0 Å². The zero-order valence-electron chi connectivity index (χ0n) is 8.63. The van der Waals surface area contributed by atoms with Gasteiger partial charge in [0.25, 0.3) is 0 Å². The van der Waals surface area contributed by atoms with Crippen molar-refractivity contribution in [1.29, 1.82) is 5.26 Å². The summed E-state index contributed by atoms with van der Waals surface area (Å²) in [4.78, 5) is 17.5. The molecule has 0 aromatic carbocycles. The minimum Gasteiger partial charge on any atom is -0.296 e. The van der Waals surface area contributed by atoms with Crippen LogP contribution in [0.3, 0.4) is 0 Å². The minimum atomic E-state index is 0.0571. The second-order valence-electron chi connectivity index (χ2n) is 3.75. The third kappa shape index (κ3) is 2.02. The van der Waals surface area contributed by atoms with Crippen molar-refractivity contribution in [3.8, 4) is 6.07 Å². The number of aromatic nitrogens is 1. The van der Waals surface area contributed by atoms with Gasteiger partial charge in [0.15, 0.2) is 0 Å². The monoisotopic (exact) mass is 233 g/mol. The summed E-state index contributed by atoms with van der Waals surface area (Å²) in [6.45, 7) is 0.643. The number of carbonyl (C=O) groups is 1. The highest BCUT2D eigenvalue weighted by Gasteiger charge is 2.30. The Morgan fingerprint density at radius 1 is 1.62 bits per heavy atom. The average molecular weight is 233 g/mol. The van der Waals surface area contributed by atoms with E-state index in [1.165, 1.54) is 0 Å². The number of carbonyl (C=O) groups excluding carboxylic acids is 1. The molecule has 0 bridgehead atoms. The fourth-order valence-corrected chi connectivity index (χ4v) is 2.01. The average Bonchev–Trinajstić information content (AvgIpc) is 2.71. The Hall–Kier alpha value is -1.54. The molecule has 1 aliphatic heterocycles. The van der Waals surface area contributed by atoms with Gasteiger partial charge < -0.3 is 0 Å². The van der Waals surface area contributed by atoms with Gasteiger partial charge >= 0.3 is 0 Å². The summed E-state index contributed by atoms with van der Waals surface area (Å²) in [6.07, 6.45) is 0.516. The van der Waals surface area contributed by atoms with Gasteiger partial charge in [-0.2, -0.15) is 17.9 Å². The molecule has 1 atom stereocenters. The van der Waals surface area contributed by atoms with Crippen LogP contribution in [0.4, 0.5) is 5.82 Å². The first-order chi connectivity index (χ1) is 7.74. The highest BCUT2D eigenvalue weighted by Crippen LogP contribution is 2.24. The van der Waals surface area contributed by atoms with Crippen molar-refractivity contribution in [3.05, 3.63) is 23.9 Å². The summed E-state index contributed by atoms with van der Waals surface area (Å²) in [5, 5.41) is 8.74. The molecule has 1 aromatic heterocycles. The van der Waals surface area contributed by atoms with Crippen molar-refractivity contribution < 1.29 is 4.79 Å². The summed E-state index contributed by atoms with van der Waals surface area (Å²) in [5.41, 5.74) is 0.333. The van der Waals surface area contributed by atoms with E-state index in [1.54, 1.807) is 23.1 Å². The molecule has 5 heteroatoms. The number of thiol groups is 1. The van der Waals surface area contributed by atoms with Crippen molar-refractivity contribution in [1.82, 2.24) is 4.98 Å². The Morgan fingerprint density at radius 3 is 3.06 bits per heavy atom. The van der Waals surface area contributed by atoms with Gasteiger partial charge in [-0.1, -0.05) is 6.07 Å². The first-order valence-electron chi connectivity index (χ1n) is 5.03. The second kappa shape index (κ2) is 4.54. The van der Waals surface area contributed by atoms with Crippen LogP contribution in [-0.2, 0) is 4.79 Å². The Balaban J connectivity index is 2.25. The number of rotatable bonds is 2. The molecule has 0 spiro atoms. The van der Waals surface area contributed by atoms with Gasteiger partial charge in [-0.3, -0.25) is 9.69 Å². The highest BCUT2D eigenvalue weighted by molar-refractivity contribution is 7.80. The van der Waals surface area contributed by atoms with Gasteiger partial charge in [0.1, 0.15) is 17.6 Å². The van der Waals surface area contributed by atoms with Crippen molar-refractivity contribution in [2.75, 3.05) is 17.2 Å². The minimum absolute atomic E-state index is 0.0571. The first-order valence-corrected chi connectivity index (χ1v) is 5.66. The lowest BCUT2D eigenvalue weighted by molar-refractivity contribution is -0.117. The van der Waals surface area contributed by atoms with E-state index in [9.17, 15) is 4.79 Å². The topological polar surface area (TPSA) is 57.0 Å². The smallest absolute Gasteiger partial charge is 0.228 e. The molecule has 1 unspecified atom stereocenters. The fourth-order valence-electron chi connectivity index (χ4n) is 1.76. The standard InChI is InChI=1S/C11H11N3OS/c12-5-9-2-1-3-10(13-9)14-6-8(7-16)4-11(14)15/h1-3,8,16H,4,6-7H2. The molecule has 1 saturated heterocycles. The molecule has 1 aromatic rings. The Bertz CT molecular complexity index is 455. The zero-order chi connectivity index (χ0) is 11.5. The third-order valence-electron chi connectivity index (χ3n) is 2.59. The van der Waals surface area contributed by atoms with Crippen LogP contribution in [-0.4, -0.2) is 23.2 Å². The normalized spacial score (nSPS) is 19.9. The molecule has 2 heterocycles. The molecule has 0 saturated carbocycles. The quantitative estimate of drug-likeness (QED) is 0.782. The SMILES string of the molecule is N#Cc1cccc(N2CC(CS)CC2=O)n1. The molecule has 0 radical (unpaired) electrons. The van der Waals surface area contributed by atoms with Crippen LogP contribution in [0.25, 0.3) is 0 Å². The van der Waals surface area contributed by atoms with Crippen LogP contribution in [0.5, 0.6) is 0 Å². The molecule has 0 aliphatic carbocycles. The van der Waals surface area contributed by atoms with Crippen LogP contribution >= 0.6 is 12.6 Å². The molecule has 1 aliphatic rings. The maximum atomic E-state index is 11.7. The summed E-state index contributed by atoms with van der Waals surface area (Å²) in [7, 11) is 0. The van der Waals surface area contributed by atoms with E-state index in [2.05, 4.69) is 17.6 Å². The first kappa shape index (κ1) is 11.0. The zero-order valence-corrected chi connectivity index (χ0v) is 9.52. The van der Waals surface area contributed by atoms with E-state index in [-0.39, 0.29) is 11.8 Å². The molecule has 2 rings (SSSR count). The second-order valence-corrected chi connectivity index (χ2v) is 4.12. The van der Waals surface area contributed by atoms with Gasteiger partial charge in [0.05, 0.1) is 0 Å². The molecular weight excluding hydrogens is 222 g/mol. The Kier molecular flexibility index (Phi) is 3.11. The number of anilines is 1. The van der Waals surface area contributed by atoms with Crippen LogP contribution in [0, 0.1) is 17.2 Å². The lowest BCUT2D eigenvalue weighted by Gasteiger charge is -2.14. The van der Waals surface area contributed by atoms with E-state index >= 15 is 0 Å². The molecule has 4 nitrogen and oxygen atoms in total. The van der Waals surface area contributed by atoms with Crippen LogP contribution < -0.4 is 4.90 Å². The molecule has 1 amide bonds. The summed E-state index contributed by atoms with van der Waals surface area (Å²) in [5.74, 6) is 1.60. The third-order valence-corrected chi connectivity index (χ3v) is 3.11. The number of hydrogen-bond acceptors (Lipinski definition) is 4. The van der Waals surface area contributed by atoms with Gasteiger partial charge in [-0.15, -0.1) is 0 Å². The number of hydrogen-bond donors (Lipinski definition) is 1. The van der Waals surface area contributed by atoms with Crippen LogP contribution in [0.15, 0.2) is 18.2 Å². The number of nitriles is 1. The van der Waals surface area contributed by atoms with Gasteiger partial charge in [0.2, 0.25) is 5.91 Å². The summed E-state index contributed by atoms with van der Waals surface area (Å²) >= 11 is 4.20. The van der Waals surface area contributed by atoms with Gasteiger partial charge in [-0.05, 0) is 23.8 Å².